The van der Waals surface area contributed by atoms with Crippen LogP contribution in [0.2, 0.25) is 0 Å². The normalized spacial score (nSPS) is 12.1. The number of nitrogens with one attached hydrogen (secondary N) is 1. The molecule has 1 N–H and O–H groups in total. The molecule has 0 unspecified atom stereocenters. The van der Waals surface area contributed by atoms with E-state index in [1.54, 1.807) is 25.3 Å². The summed E-state index contributed by atoms with van der Waals surface area (Å²) in [5.74, 6) is 0.370. The Bertz CT molecular complexity index is 287. The zero-order chi connectivity index (χ0) is 10.4. The van der Waals surface area contributed by atoms with Crippen molar-refractivity contribution in [3.8, 4) is 0 Å². The number of amides is 1. The first-order chi connectivity index (χ1) is 6.74. The summed E-state index contributed by atoms with van der Waals surface area (Å²) in [6, 6.07) is 5.34. The Morgan fingerprint density at radius 3 is 3.00 bits per heavy atom. The SMILES string of the molecule is CCO[C@@H](C)C(=O)Nc1ccccn1. The van der Waals surface area contributed by atoms with Crippen LogP contribution in [0.3, 0.4) is 0 Å². The van der Waals surface area contributed by atoms with E-state index in [2.05, 4.69) is 10.3 Å². The molecule has 76 valence electrons. The number of ether oxygens (including phenoxy) is 1. The fourth-order valence-electron chi connectivity index (χ4n) is 0.990. The number of aromatic nitrogens is 1. The lowest BCUT2D eigenvalue weighted by atomic mass is 10.3. The van der Waals surface area contributed by atoms with Crippen molar-refractivity contribution in [3.63, 3.8) is 0 Å². The summed E-state index contributed by atoms with van der Waals surface area (Å²) in [5.41, 5.74) is 0. The summed E-state index contributed by atoms with van der Waals surface area (Å²) < 4.78 is 5.14. The largest absolute Gasteiger partial charge is 0.369 e. The third kappa shape index (κ3) is 3.14. The molecule has 1 aromatic heterocycles. The summed E-state index contributed by atoms with van der Waals surface area (Å²) >= 11 is 0. The summed E-state index contributed by atoms with van der Waals surface area (Å²) in [7, 11) is 0. The molecule has 0 spiro atoms. The Kier molecular flexibility index (Phi) is 4.07. The highest BCUT2D eigenvalue weighted by molar-refractivity contribution is 5.92. The van der Waals surface area contributed by atoms with Crippen molar-refractivity contribution in [2.75, 3.05) is 11.9 Å². The number of carbonyl (C=O) groups is 1. The molecular formula is C10H14N2O2. The molecular weight excluding hydrogens is 180 g/mol. The average Bonchev–Trinajstić information content (AvgIpc) is 2.19. The minimum absolute atomic E-state index is 0.175. The van der Waals surface area contributed by atoms with E-state index in [0.717, 1.165) is 0 Å². The highest BCUT2D eigenvalue weighted by atomic mass is 16.5. The average molecular weight is 194 g/mol. The van der Waals surface area contributed by atoms with Crippen LogP contribution in [0.1, 0.15) is 13.8 Å². The Morgan fingerprint density at radius 2 is 2.43 bits per heavy atom. The first-order valence-corrected chi connectivity index (χ1v) is 4.57. The number of carbonyl (C=O) groups excluding carboxylic acids is 1. The maximum atomic E-state index is 11.4. The lowest BCUT2D eigenvalue weighted by molar-refractivity contribution is -0.126. The van der Waals surface area contributed by atoms with Crippen molar-refractivity contribution in [2.24, 2.45) is 0 Å². The molecule has 0 aliphatic carbocycles. The van der Waals surface area contributed by atoms with Crippen LogP contribution < -0.4 is 5.32 Å². The van der Waals surface area contributed by atoms with E-state index in [1.807, 2.05) is 13.0 Å². The molecule has 0 fully saturated rings. The second kappa shape index (κ2) is 5.34. The molecule has 1 rings (SSSR count). The van der Waals surface area contributed by atoms with Crippen LogP contribution in [-0.4, -0.2) is 23.6 Å². The van der Waals surface area contributed by atoms with Gasteiger partial charge in [0.1, 0.15) is 11.9 Å². The van der Waals surface area contributed by atoms with Crippen molar-refractivity contribution in [1.82, 2.24) is 4.98 Å². The van der Waals surface area contributed by atoms with Gasteiger partial charge in [-0.05, 0) is 26.0 Å². The van der Waals surface area contributed by atoms with Gasteiger partial charge >= 0.3 is 0 Å². The van der Waals surface area contributed by atoms with Crippen LogP contribution in [-0.2, 0) is 9.53 Å². The molecule has 0 saturated heterocycles. The Balaban J connectivity index is 2.49. The number of rotatable bonds is 4. The Morgan fingerprint density at radius 1 is 1.64 bits per heavy atom. The standard InChI is InChI=1S/C10H14N2O2/c1-3-14-8(2)10(13)12-9-6-4-5-7-11-9/h4-8H,3H2,1-2H3,(H,11,12,13)/t8-/m0/s1. The molecule has 0 saturated carbocycles. The van der Waals surface area contributed by atoms with Gasteiger partial charge in [0.15, 0.2) is 0 Å². The van der Waals surface area contributed by atoms with Gasteiger partial charge in [0.2, 0.25) is 0 Å². The van der Waals surface area contributed by atoms with E-state index in [4.69, 9.17) is 4.74 Å². The van der Waals surface area contributed by atoms with Crippen molar-refractivity contribution in [2.45, 2.75) is 20.0 Å². The summed E-state index contributed by atoms with van der Waals surface area (Å²) in [6.45, 7) is 4.09. The Hall–Kier alpha value is -1.42. The van der Waals surface area contributed by atoms with Crippen molar-refractivity contribution in [1.29, 1.82) is 0 Å². The molecule has 4 nitrogen and oxygen atoms in total. The highest BCUT2D eigenvalue weighted by Gasteiger charge is 2.12. The van der Waals surface area contributed by atoms with Crippen LogP contribution in [0.5, 0.6) is 0 Å². The maximum absolute atomic E-state index is 11.4. The fraction of sp³-hybridized carbons (Fsp3) is 0.400. The highest BCUT2D eigenvalue weighted by Crippen LogP contribution is 2.02. The van der Waals surface area contributed by atoms with Crippen molar-refractivity contribution < 1.29 is 9.53 Å². The first-order valence-electron chi connectivity index (χ1n) is 4.57. The predicted octanol–water partition coefficient (Wildman–Crippen LogP) is 1.45. The molecule has 1 atom stereocenters. The third-order valence-electron chi connectivity index (χ3n) is 1.70. The van der Waals surface area contributed by atoms with Gasteiger partial charge in [0.25, 0.3) is 5.91 Å². The number of hydrogen-bond donors (Lipinski definition) is 1. The first kappa shape index (κ1) is 10.7. The zero-order valence-corrected chi connectivity index (χ0v) is 8.36. The van der Waals surface area contributed by atoms with Gasteiger partial charge in [-0.2, -0.15) is 0 Å². The molecule has 1 aromatic rings. The number of pyridine rings is 1. The summed E-state index contributed by atoms with van der Waals surface area (Å²) in [6.07, 6.45) is 1.18. The van der Waals surface area contributed by atoms with Crippen LogP contribution in [0.15, 0.2) is 24.4 Å². The van der Waals surface area contributed by atoms with Crippen molar-refractivity contribution in [3.05, 3.63) is 24.4 Å². The summed E-state index contributed by atoms with van der Waals surface area (Å²) in [5, 5.41) is 2.65. The van der Waals surface area contributed by atoms with E-state index in [-0.39, 0.29) is 5.91 Å². The predicted molar refractivity (Wildman–Crippen MR) is 54.0 cm³/mol. The van der Waals surface area contributed by atoms with E-state index in [0.29, 0.717) is 12.4 Å². The zero-order valence-electron chi connectivity index (χ0n) is 8.36. The van der Waals surface area contributed by atoms with Crippen LogP contribution in [0.25, 0.3) is 0 Å². The molecule has 14 heavy (non-hydrogen) atoms. The number of anilines is 1. The molecule has 0 aliphatic rings. The Labute approximate surface area is 83.3 Å². The smallest absolute Gasteiger partial charge is 0.254 e. The van der Waals surface area contributed by atoms with Gasteiger partial charge < -0.3 is 10.1 Å². The molecule has 0 aliphatic heterocycles. The van der Waals surface area contributed by atoms with Gasteiger partial charge in [0, 0.05) is 12.8 Å². The molecule has 0 bridgehead atoms. The molecule has 4 heteroatoms. The van der Waals surface area contributed by atoms with Crippen LogP contribution in [0.4, 0.5) is 5.82 Å². The van der Waals surface area contributed by atoms with E-state index >= 15 is 0 Å². The lowest BCUT2D eigenvalue weighted by Gasteiger charge is -2.10. The quantitative estimate of drug-likeness (QED) is 0.789. The van der Waals surface area contributed by atoms with Crippen LogP contribution >= 0.6 is 0 Å². The second-order valence-corrected chi connectivity index (χ2v) is 2.80. The van der Waals surface area contributed by atoms with Gasteiger partial charge in [-0.3, -0.25) is 4.79 Å². The molecule has 0 aromatic carbocycles. The monoisotopic (exact) mass is 194 g/mol. The maximum Gasteiger partial charge on any atom is 0.254 e. The van der Waals surface area contributed by atoms with Gasteiger partial charge in [-0.15, -0.1) is 0 Å². The minimum Gasteiger partial charge on any atom is -0.369 e. The number of hydrogen-bond acceptors (Lipinski definition) is 3. The van der Waals surface area contributed by atoms with Gasteiger partial charge in [-0.25, -0.2) is 4.98 Å². The summed E-state index contributed by atoms with van der Waals surface area (Å²) in [4.78, 5) is 15.4. The van der Waals surface area contributed by atoms with Gasteiger partial charge in [-0.1, -0.05) is 6.07 Å². The van der Waals surface area contributed by atoms with Gasteiger partial charge in [0.05, 0.1) is 0 Å². The topological polar surface area (TPSA) is 51.2 Å². The van der Waals surface area contributed by atoms with E-state index < -0.39 is 6.10 Å². The number of nitrogens with zero attached hydrogens (tertiary/aromatic N) is 1. The minimum atomic E-state index is -0.443. The molecule has 1 amide bonds. The van der Waals surface area contributed by atoms with E-state index in [1.165, 1.54) is 0 Å². The lowest BCUT2D eigenvalue weighted by Crippen LogP contribution is -2.27. The fourth-order valence-corrected chi connectivity index (χ4v) is 0.990. The second-order valence-electron chi connectivity index (χ2n) is 2.80. The third-order valence-corrected chi connectivity index (χ3v) is 1.70. The van der Waals surface area contributed by atoms with Crippen molar-refractivity contribution >= 4 is 11.7 Å². The molecule has 0 radical (unpaired) electrons. The van der Waals surface area contributed by atoms with Crippen LogP contribution in [0, 0.1) is 0 Å². The molecule has 1 heterocycles. The van der Waals surface area contributed by atoms with E-state index in [9.17, 15) is 4.79 Å².